The smallest absolute Gasteiger partial charge is 0.384 e. The lowest BCUT2D eigenvalue weighted by Gasteiger charge is -2.18. The summed E-state index contributed by atoms with van der Waals surface area (Å²) in [6.45, 7) is 6.00. The van der Waals surface area contributed by atoms with Crippen molar-refractivity contribution in [2.24, 2.45) is 5.92 Å². The summed E-state index contributed by atoms with van der Waals surface area (Å²) in [5.74, 6) is 0.482. The molecule has 0 aliphatic heterocycles. The van der Waals surface area contributed by atoms with Gasteiger partial charge in [0, 0.05) is 6.04 Å². The average molecular weight is 261 g/mol. The van der Waals surface area contributed by atoms with Gasteiger partial charge < -0.3 is 11.1 Å². The zero-order valence-corrected chi connectivity index (χ0v) is 10.7. The largest absolute Gasteiger partial charge is 0.416 e. The molecule has 102 valence electrons. The standard InChI is InChI=1S/C12H18F3N3/c1-7(2)4-8(3)17-11-6-9(12(13,14)15)5-10(16)18-11/h5-8H,4H2,1-3H3,(H3,16,17,18). The summed E-state index contributed by atoms with van der Waals surface area (Å²) < 4.78 is 37.8. The van der Waals surface area contributed by atoms with Crippen LogP contribution in [0.1, 0.15) is 32.8 Å². The van der Waals surface area contributed by atoms with Crippen LogP contribution in [-0.2, 0) is 6.18 Å². The number of pyridine rings is 1. The van der Waals surface area contributed by atoms with Crippen LogP contribution in [0, 0.1) is 5.92 Å². The number of rotatable bonds is 4. The van der Waals surface area contributed by atoms with Crippen LogP contribution < -0.4 is 11.1 Å². The van der Waals surface area contributed by atoms with E-state index in [4.69, 9.17) is 5.73 Å². The molecule has 0 aliphatic carbocycles. The summed E-state index contributed by atoms with van der Waals surface area (Å²) in [6.07, 6.45) is -3.56. The molecule has 0 radical (unpaired) electrons. The molecule has 0 amide bonds. The molecule has 1 atom stereocenters. The molecule has 18 heavy (non-hydrogen) atoms. The van der Waals surface area contributed by atoms with Gasteiger partial charge in [-0.25, -0.2) is 4.98 Å². The van der Waals surface area contributed by atoms with Crippen LogP contribution in [0.15, 0.2) is 12.1 Å². The first-order chi connectivity index (χ1) is 8.18. The lowest BCUT2D eigenvalue weighted by Crippen LogP contribution is -2.19. The molecule has 0 aliphatic rings. The van der Waals surface area contributed by atoms with E-state index >= 15 is 0 Å². The SMILES string of the molecule is CC(C)CC(C)Nc1cc(C(F)(F)F)cc(N)n1. The molecule has 1 unspecified atom stereocenters. The maximum atomic E-state index is 12.6. The highest BCUT2D eigenvalue weighted by atomic mass is 19.4. The second-order valence-corrected chi connectivity index (χ2v) is 4.84. The Kier molecular flexibility index (Phi) is 4.43. The quantitative estimate of drug-likeness (QED) is 0.871. The Bertz CT molecular complexity index is 402. The van der Waals surface area contributed by atoms with E-state index in [1.165, 1.54) is 0 Å². The minimum absolute atomic E-state index is 0.0420. The van der Waals surface area contributed by atoms with Gasteiger partial charge in [0.25, 0.3) is 0 Å². The van der Waals surface area contributed by atoms with Gasteiger partial charge in [0.2, 0.25) is 0 Å². The van der Waals surface area contributed by atoms with Crippen molar-refractivity contribution >= 4 is 11.6 Å². The number of nitrogens with one attached hydrogen (secondary N) is 1. The summed E-state index contributed by atoms with van der Waals surface area (Å²) >= 11 is 0. The van der Waals surface area contributed by atoms with Gasteiger partial charge in [-0.3, -0.25) is 0 Å². The van der Waals surface area contributed by atoms with Gasteiger partial charge in [0.05, 0.1) is 5.56 Å². The third-order valence-corrected chi connectivity index (χ3v) is 2.39. The van der Waals surface area contributed by atoms with Gasteiger partial charge in [-0.2, -0.15) is 13.2 Å². The monoisotopic (exact) mass is 261 g/mol. The van der Waals surface area contributed by atoms with Gasteiger partial charge in [-0.15, -0.1) is 0 Å². The molecule has 6 heteroatoms. The zero-order valence-electron chi connectivity index (χ0n) is 10.7. The lowest BCUT2D eigenvalue weighted by molar-refractivity contribution is -0.137. The predicted octanol–water partition coefficient (Wildman–Crippen LogP) is 3.53. The van der Waals surface area contributed by atoms with Crippen LogP contribution in [-0.4, -0.2) is 11.0 Å². The Hall–Kier alpha value is -1.46. The predicted molar refractivity (Wildman–Crippen MR) is 66.2 cm³/mol. The highest BCUT2D eigenvalue weighted by Gasteiger charge is 2.31. The van der Waals surface area contributed by atoms with Crippen molar-refractivity contribution in [3.63, 3.8) is 0 Å². The van der Waals surface area contributed by atoms with Gasteiger partial charge in [0.1, 0.15) is 11.6 Å². The number of anilines is 2. The summed E-state index contributed by atoms with van der Waals surface area (Å²) in [6, 6.07) is 1.85. The van der Waals surface area contributed by atoms with Gasteiger partial charge in [0.15, 0.2) is 0 Å². The second kappa shape index (κ2) is 5.46. The Morgan fingerprint density at radius 1 is 1.28 bits per heavy atom. The van der Waals surface area contributed by atoms with Crippen LogP contribution in [0.25, 0.3) is 0 Å². The van der Waals surface area contributed by atoms with Crippen molar-refractivity contribution in [3.8, 4) is 0 Å². The van der Waals surface area contributed by atoms with Crippen molar-refractivity contribution in [1.29, 1.82) is 0 Å². The topological polar surface area (TPSA) is 50.9 Å². The molecule has 0 saturated carbocycles. The minimum Gasteiger partial charge on any atom is -0.384 e. The van der Waals surface area contributed by atoms with E-state index < -0.39 is 11.7 Å². The number of nitrogen functional groups attached to an aromatic ring is 1. The number of halogens is 3. The highest BCUT2D eigenvalue weighted by molar-refractivity contribution is 5.47. The number of nitrogens with two attached hydrogens (primary N) is 1. The molecule has 0 fully saturated rings. The second-order valence-electron chi connectivity index (χ2n) is 4.84. The van der Waals surface area contributed by atoms with Crippen LogP contribution in [0.4, 0.5) is 24.8 Å². The Balaban J connectivity index is 2.87. The highest BCUT2D eigenvalue weighted by Crippen LogP contribution is 2.31. The maximum absolute atomic E-state index is 12.6. The van der Waals surface area contributed by atoms with Gasteiger partial charge in [-0.05, 0) is 31.4 Å². The summed E-state index contributed by atoms with van der Waals surface area (Å²) in [4.78, 5) is 3.86. The van der Waals surface area contributed by atoms with Crippen LogP contribution in [0.5, 0.6) is 0 Å². The molecule has 1 rings (SSSR count). The van der Waals surface area contributed by atoms with E-state index in [2.05, 4.69) is 10.3 Å². The van der Waals surface area contributed by atoms with Gasteiger partial charge >= 0.3 is 6.18 Å². The van der Waals surface area contributed by atoms with Crippen molar-refractivity contribution in [2.75, 3.05) is 11.1 Å². The number of alkyl halides is 3. The fourth-order valence-corrected chi connectivity index (χ4v) is 1.81. The zero-order chi connectivity index (χ0) is 13.9. The van der Waals surface area contributed by atoms with Crippen molar-refractivity contribution in [2.45, 2.75) is 39.4 Å². The Morgan fingerprint density at radius 2 is 1.89 bits per heavy atom. The number of aromatic nitrogens is 1. The van der Waals surface area contributed by atoms with E-state index in [-0.39, 0.29) is 17.7 Å². The van der Waals surface area contributed by atoms with E-state index in [0.29, 0.717) is 5.92 Å². The number of nitrogens with zero attached hydrogens (tertiary/aromatic N) is 1. The molecular weight excluding hydrogens is 243 g/mol. The van der Waals surface area contributed by atoms with E-state index in [9.17, 15) is 13.2 Å². The molecule has 1 aromatic rings. The van der Waals surface area contributed by atoms with Crippen LogP contribution >= 0.6 is 0 Å². The lowest BCUT2D eigenvalue weighted by atomic mass is 10.1. The Labute approximate surface area is 105 Å². The van der Waals surface area contributed by atoms with Crippen molar-refractivity contribution < 1.29 is 13.2 Å². The first kappa shape index (κ1) is 14.6. The van der Waals surface area contributed by atoms with E-state index in [1.54, 1.807) is 0 Å². The van der Waals surface area contributed by atoms with Crippen molar-refractivity contribution in [3.05, 3.63) is 17.7 Å². The third kappa shape index (κ3) is 4.43. The third-order valence-electron chi connectivity index (χ3n) is 2.39. The van der Waals surface area contributed by atoms with E-state index in [1.807, 2.05) is 20.8 Å². The fraction of sp³-hybridized carbons (Fsp3) is 0.583. The molecule has 1 heterocycles. The molecule has 0 saturated heterocycles. The normalized spacial score (nSPS) is 13.7. The molecular formula is C12H18F3N3. The first-order valence-electron chi connectivity index (χ1n) is 5.79. The molecule has 0 bridgehead atoms. The number of hydrogen-bond acceptors (Lipinski definition) is 3. The molecule has 0 spiro atoms. The summed E-state index contributed by atoms with van der Waals surface area (Å²) in [5, 5.41) is 2.94. The molecule has 3 nitrogen and oxygen atoms in total. The van der Waals surface area contributed by atoms with Crippen LogP contribution in [0.2, 0.25) is 0 Å². The summed E-state index contributed by atoms with van der Waals surface area (Å²) in [5.41, 5.74) is 4.60. The Morgan fingerprint density at radius 3 is 2.39 bits per heavy atom. The van der Waals surface area contributed by atoms with Crippen LogP contribution in [0.3, 0.4) is 0 Å². The minimum atomic E-state index is -4.41. The van der Waals surface area contributed by atoms with Gasteiger partial charge in [-0.1, -0.05) is 13.8 Å². The maximum Gasteiger partial charge on any atom is 0.416 e. The van der Waals surface area contributed by atoms with E-state index in [0.717, 1.165) is 18.6 Å². The fourth-order valence-electron chi connectivity index (χ4n) is 1.81. The molecule has 3 N–H and O–H groups in total. The van der Waals surface area contributed by atoms with Crippen molar-refractivity contribution in [1.82, 2.24) is 4.98 Å². The molecule has 0 aromatic carbocycles. The average Bonchev–Trinajstić information content (AvgIpc) is 2.13. The first-order valence-corrected chi connectivity index (χ1v) is 5.79. The molecule has 1 aromatic heterocycles. The number of hydrogen-bond donors (Lipinski definition) is 2. The summed E-state index contributed by atoms with van der Waals surface area (Å²) in [7, 11) is 0.